The number of aliphatic imine (C=N–C) groups is 1. The zero-order valence-corrected chi connectivity index (χ0v) is 10.1. The topological polar surface area (TPSA) is 117 Å². The molecular weight excluding hydrogens is 220 g/mol. The first-order valence-corrected chi connectivity index (χ1v) is 6.11. The molecule has 0 unspecified atom stereocenters. The van der Waals surface area contributed by atoms with Crippen molar-refractivity contribution in [3.8, 4) is 0 Å². The van der Waals surface area contributed by atoms with E-state index >= 15 is 0 Å². The molecule has 1 atom stereocenters. The second-order valence-electron chi connectivity index (χ2n) is 4.40. The highest BCUT2D eigenvalue weighted by molar-refractivity contribution is 5.76. The minimum absolute atomic E-state index is 0.0621. The summed E-state index contributed by atoms with van der Waals surface area (Å²) in [4.78, 5) is 15.4. The third kappa shape index (κ3) is 5.53. The molecule has 1 saturated carbocycles. The number of nitrogens with two attached hydrogens (primary N) is 3. The number of carbonyl (C=O) groups excluding carboxylic acids is 1. The normalized spacial score (nSPS) is 17.7. The minimum atomic E-state index is -0.565. The Kier molecular flexibility index (Phi) is 5.76. The van der Waals surface area contributed by atoms with Crippen LogP contribution in [0.4, 0.5) is 0 Å². The van der Waals surface area contributed by atoms with Crippen molar-refractivity contribution in [1.29, 1.82) is 0 Å². The molecule has 1 aliphatic rings. The van der Waals surface area contributed by atoms with Crippen molar-refractivity contribution in [2.24, 2.45) is 22.2 Å². The van der Waals surface area contributed by atoms with Gasteiger partial charge in [-0.15, -0.1) is 0 Å². The number of ether oxygens (including phenoxy) is 1. The summed E-state index contributed by atoms with van der Waals surface area (Å²) in [6.45, 7) is 0.493. The zero-order valence-electron chi connectivity index (χ0n) is 10.1. The predicted octanol–water partition coefficient (Wildman–Crippen LogP) is -0.147. The van der Waals surface area contributed by atoms with Crippen LogP contribution in [0.3, 0.4) is 0 Å². The Labute approximate surface area is 102 Å². The number of hydrogen-bond donors (Lipinski definition) is 3. The largest absolute Gasteiger partial charge is 0.461 e. The molecule has 98 valence electrons. The molecule has 6 N–H and O–H groups in total. The Hall–Kier alpha value is -1.30. The van der Waals surface area contributed by atoms with Gasteiger partial charge in [0.15, 0.2) is 5.96 Å². The van der Waals surface area contributed by atoms with Crippen LogP contribution in [0, 0.1) is 0 Å². The average molecular weight is 242 g/mol. The van der Waals surface area contributed by atoms with Crippen molar-refractivity contribution in [3.63, 3.8) is 0 Å². The molecule has 0 aliphatic heterocycles. The minimum Gasteiger partial charge on any atom is -0.461 e. The molecule has 0 bridgehead atoms. The van der Waals surface area contributed by atoms with Crippen molar-refractivity contribution < 1.29 is 9.53 Å². The number of guanidine groups is 1. The van der Waals surface area contributed by atoms with Gasteiger partial charge >= 0.3 is 5.97 Å². The maximum absolute atomic E-state index is 11.6. The van der Waals surface area contributed by atoms with Crippen LogP contribution in [0.5, 0.6) is 0 Å². The van der Waals surface area contributed by atoms with Crippen molar-refractivity contribution in [2.45, 2.75) is 50.7 Å². The molecule has 6 heteroatoms. The standard InChI is InChI=1S/C11H22N4O2/c12-9(6-3-7-15-11(13)14)10(16)17-8-4-1-2-5-8/h8-9H,1-7,12H2,(H4,13,14,15)/t9-/m0/s1. The maximum atomic E-state index is 11.6. The van der Waals surface area contributed by atoms with E-state index in [9.17, 15) is 4.79 Å². The molecule has 1 rings (SSSR count). The molecule has 0 heterocycles. The summed E-state index contributed by atoms with van der Waals surface area (Å²) in [6.07, 6.45) is 5.50. The van der Waals surface area contributed by atoms with Gasteiger partial charge in [-0.25, -0.2) is 0 Å². The molecule has 1 fully saturated rings. The third-order valence-electron chi connectivity index (χ3n) is 2.86. The van der Waals surface area contributed by atoms with Gasteiger partial charge in [-0.2, -0.15) is 0 Å². The SMILES string of the molecule is NC(N)=NCCC[C@H](N)C(=O)OC1CCCC1. The van der Waals surface area contributed by atoms with E-state index in [4.69, 9.17) is 21.9 Å². The van der Waals surface area contributed by atoms with E-state index in [1.807, 2.05) is 0 Å². The van der Waals surface area contributed by atoms with Crippen LogP contribution in [0.2, 0.25) is 0 Å². The van der Waals surface area contributed by atoms with Crippen LogP contribution in [-0.4, -0.2) is 30.6 Å². The lowest BCUT2D eigenvalue weighted by Gasteiger charge is -2.15. The fraction of sp³-hybridized carbons (Fsp3) is 0.818. The first-order chi connectivity index (χ1) is 8.09. The van der Waals surface area contributed by atoms with E-state index in [-0.39, 0.29) is 18.0 Å². The Morgan fingerprint density at radius 3 is 2.59 bits per heavy atom. The second-order valence-corrected chi connectivity index (χ2v) is 4.40. The molecule has 0 aromatic heterocycles. The van der Waals surface area contributed by atoms with E-state index in [0.717, 1.165) is 25.7 Å². The molecular formula is C11H22N4O2. The molecule has 6 nitrogen and oxygen atoms in total. The lowest BCUT2D eigenvalue weighted by Crippen LogP contribution is -2.34. The molecule has 1 aliphatic carbocycles. The first kappa shape index (κ1) is 13.8. The summed E-state index contributed by atoms with van der Waals surface area (Å²) in [7, 11) is 0. The van der Waals surface area contributed by atoms with Crippen molar-refractivity contribution in [1.82, 2.24) is 0 Å². The van der Waals surface area contributed by atoms with Crippen LogP contribution in [0.1, 0.15) is 38.5 Å². The second kappa shape index (κ2) is 7.11. The average Bonchev–Trinajstić information content (AvgIpc) is 2.76. The smallest absolute Gasteiger partial charge is 0.323 e. The highest BCUT2D eigenvalue weighted by Gasteiger charge is 2.22. The van der Waals surface area contributed by atoms with Gasteiger partial charge in [-0.1, -0.05) is 0 Å². The molecule has 0 spiro atoms. The highest BCUT2D eigenvalue weighted by atomic mass is 16.5. The van der Waals surface area contributed by atoms with Gasteiger partial charge < -0.3 is 21.9 Å². The lowest BCUT2D eigenvalue weighted by atomic mass is 10.1. The predicted molar refractivity (Wildman–Crippen MR) is 66.2 cm³/mol. The molecule has 0 aromatic rings. The van der Waals surface area contributed by atoms with Crippen LogP contribution in [0.25, 0.3) is 0 Å². The van der Waals surface area contributed by atoms with Crippen LogP contribution >= 0.6 is 0 Å². The highest BCUT2D eigenvalue weighted by Crippen LogP contribution is 2.21. The first-order valence-electron chi connectivity index (χ1n) is 6.11. The fourth-order valence-electron chi connectivity index (χ4n) is 1.90. The quantitative estimate of drug-likeness (QED) is 0.259. The summed E-state index contributed by atoms with van der Waals surface area (Å²) in [5.41, 5.74) is 16.1. The monoisotopic (exact) mass is 242 g/mol. The van der Waals surface area contributed by atoms with E-state index in [1.165, 1.54) is 0 Å². The van der Waals surface area contributed by atoms with Gasteiger partial charge in [-0.3, -0.25) is 9.79 Å². The van der Waals surface area contributed by atoms with Crippen molar-refractivity contribution in [3.05, 3.63) is 0 Å². The van der Waals surface area contributed by atoms with Gasteiger partial charge in [-0.05, 0) is 38.5 Å². The fourth-order valence-corrected chi connectivity index (χ4v) is 1.90. The van der Waals surface area contributed by atoms with E-state index < -0.39 is 6.04 Å². The summed E-state index contributed by atoms with van der Waals surface area (Å²) in [5.74, 6) is -0.242. The molecule has 0 aromatic carbocycles. The van der Waals surface area contributed by atoms with E-state index in [2.05, 4.69) is 4.99 Å². The summed E-state index contributed by atoms with van der Waals surface area (Å²) < 4.78 is 5.30. The van der Waals surface area contributed by atoms with Gasteiger partial charge in [0.1, 0.15) is 12.1 Å². The van der Waals surface area contributed by atoms with Gasteiger partial charge in [0.25, 0.3) is 0 Å². The number of hydrogen-bond acceptors (Lipinski definition) is 4. The number of esters is 1. The van der Waals surface area contributed by atoms with Gasteiger partial charge in [0.05, 0.1) is 0 Å². The van der Waals surface area contributed by atoms with Crippen LogP contribution in [0.15, 0.2) is 4.99 Å². The van der Waals surface area contributed by atoms with E-state index in [0.29, 0.717) is 19.4 Å². The number of carbonyl (C=O) groups is 1. The zero-order chi connectivity index (χ0) is 12.7. The third-order valence-corrected chi connectivity index (χ3v) is 2.86. The van der Waals surface area contributed by atoms with Crippen LogP contribution in [-0.2, 0) is 9.53 Å². The van der Waals surface area contributed by atoms with Crippen molar-refractivity contribution >= 4 is 11.9 Å². The van der Waals surface area contributed by atoms with Crippen LogP contribution < -0.4 is 17.2 Å². The lowest BCUT2D eigenvalue weighted by molar-refractivity contribution is -0.150. The van der Waals surface area contributed by atoms with E-state index in [1.54, 1.807) is 0 Å². The Bertz CT molecular complexity index is 271. The maximum Gasteiger partial charge on any atom is 0.323 e. The molecule has 17 heavy (non-hydrogen) atoms. The summed E-state index contributed by atoms with van der Waals surface area (Å²) >= 11 is 0. The molecule has 0 amide bonds. The Balaban J connectivity index is 2.15. The molecule has 0 radical (unpaired) electrons. The van der Waals surface area contributed by atoms with Gasteiger partial charge in [0, 0.05) is 6.54 Å². The Morgan fingerprint density at radius 1 is 1.35 bits per heavy atom. The summed E-state index contributed by atoms with van der Waals surface area (Å²) in [6, 6.07) is -0.565. The number of nitrogens with zero attached hydrogens (tertiary/aromatic N) is 1. The number of rotatable bonds is 6. The van der Waals surface area contributed by atoms with Crippen molar-refractivity contribution in [2.75, 3.05) is 6.54 Å². The van der Waals surface area contributed by atoms with Gasteiger partial charge in [0.2, 0.25) is 0 Å². The summed E-state index contributed by atoms with van der Waals surface area (Å²) in [5, 5.41) is 0. The molecule has 0 saturated heterocycles. The Morgan fingerprint density at radius 2 is 2.00 bits per heavy atom.